The van der Waals surface area contributed by atoms with Gasteiger partial charge in [0.15, 0.2) is 11.5 Å². The zero-order valence-electron chi connectivity index (χ0n) is 11.0. The predicted octanol–water partition coefficient (Wildman–Crippen LogP) is 4.69. The van der Waals surface area contributed by atoms with Crippen LogP contribution in [0.5, 0.6) is 11.5 Å². The minimum atomic E-state index is 0.228. The van der Waals surface area contributed by atoms with Crippen molar-refractivity contribution in [3.8, 4) is 11.5 Å². The zero-order chi connectivity index (χ0) is 15.0. The Hall–Kier alpha value is -1.36. The molecule has 0 amide bonds. The Morgan fingerprint density at radius 3 is 2.71 bits per heavy atom. The number of hydrogen-bond donors (Lipinski definition) is 1. The number of nitrogens with zero attached hydrogens (tertiary/aromatic N) is 1. The van der Waals surface area contributed by atoms with Gasteiger partial charge in [-0.15, -0.1) is 0 Å². The number of fused-ring (bicyclic) bond motifs is 1. The Labute approximate surface area is 136 Å². The van der Waals surface area contributed by atoms with E-state index in [0.717, 1.165) is 17.1 Å². The molecule has 0 spiro atoms. The molecule has 21 heavy (non-hydrogen) atoms. The highest BCUT2D eigenvalue weighted by molar-refractivity contribution is 6.43. The van der Waals surface area contributed by atoms with E-state index in [-0.39, 0.29) is 11.9 Å². The second-order valence-corrected chi connectivity index (χ2v) is 5.66. The summed E-state index contributed by atoms with van der Waals surface area (Å²) in [5.41, 5.74) is 1.72. The lowest BCUT2D eigenvalue weighted by Gasteiger charge is -2.11. The van der Waals surface area contributed by atoms with Crippen LogP contribution in [0.4, 0.5) is 5.82 Å². The summed E-state index contributed by atoms with van der Waals surface area (Å²) in [5.74, 6) is 1.99. The fourth-order valence-electron chi connectivity index (χ4n) is 1.98. The van der Waals surface area contributed by atoms with E-state index in [2.05, 4.69) is 10.3 Å². The lowest BCUT2D eigenvalue weighted by Crippen LogP contribution is -2.03. The highest BCUT2D eigenvalue weighted by Gasteiger charge is 2.15. The van der Waals surface area contributed by atoms with Crippen LogP contribution in [-0.4, -0.2) is 11.8 Å². The van der Waals surface area contributed by atoms with Crippen molar-refractivity contribution in [3.05, 3.63) is 44.5 Å². The molecule has 3 rings (SSSR count). The van der Waals surface area contributed by atoms with Gasteiger partial charge in [-0.2, -0.15) is 0 Å². The van der Waals surface area contributed by atoms with Crippen LogP contribution < -0.4 is 14.8 Å². The molecule has 0 saturated carbocycles. The monoisotopic (exact) mass is 344 g/mol. The van der Waals surface area contributed by atoms with Gasteiger partial charge in [0.05, 0.1) is 10.0 Å². The third kappa shape index (κ3) is 2.84. The predicted molar refractivity (Wildman–Crippen MR) is 83.9 cm³/mol. The number of halogens is 3. The highest BCUT2D eigenvalue weighted by atomic mass is 35.5. The molecule has 0 fully saturated rings. The van der Waals surface area contributed by atoms with Crippen molar-refractivity contribution in [2.75, 3.05) is 12.1 Å². The first-order valence-corrected chi connectivity index (χ1v) is 7.33. The lowest BCUT2D eigenvalue weighted by molar-refractivity contribution is 0.174. The highest BCUT2D eigenvalue weighted by Crippen LogP contribution is 2.35. The van der Waals surface area contributed by atoms with E-state index in [1.165, 1.54) is 0 Å². The van der Waals surface area contributed by atoms with E-state index in [1.807, 2.05) is 18.2 Å². The third-order valence-corrected chi connectivity index (χ3v) is 4.45. The van der Waals surface area contributed by atoms with Gasteiger partial charge in [-0.25, -0.2) is 4.98 Å². The van der Waals surface area contributed by atoms with Gasteiger partial charge in [-0.3, -0.25) is 0 Å². The van der Waals surface area contributed by atoms with Gasteiger partial charge in [0.25, 0.3) is 0 Å². The summed E-state index contributed by atoms with van der Waals surface area (Å²) in [6, 6.07) is 5.72. The maximum Gasteiger partial charge on any atom is 0.231 e. The van der Waals surface area contributed by atoms with Crippen LogP contribution in [0.2, 0.25) is 15.2 Å². The van der Waals surface area contributed by atoms with Gasteiger partial charge in [-0.1, -0.05) is 40.9 Å². The van der Waals surface area contributed by atoms with E-state index >= 15 is 0 Å². The van der Waals surface area contributed by atoms with Crippen molar-refractivity contribution in [1.29, 1.82) is 0 Å². The molecule has 0 saturated heterocycles. The van der Waals surface area contributed by atoms with Crippen molar-refractivity contribution in [2.24, 2.45) is 0 Å². The summed E-state index contributed by atoms with van der Waals surface area (Å²) in [4.78, 5) is 4.16. The Balaban J connectivity index is 1.79. The number of pyridine rings is 1. The molecule has 4 nitrogen and oxygen atoms in total. The molecule has 1 aliphatic rings. The summed E-state index contributed by atoms with van der Waals surface area (Å²) in [6.07, 6.45) is 0. The minimum Gasteiger partial charge on any atom is -0.454 e. The van der Waals surface area contributed by atoms with Gasteiger partial charge >= 0.3 is 0 Å². The second-order valence-electron chi connectivity index (χ2n) is 4.55. The first-order valence-electron chi connectivity index (χ1n) is 6.19. The zero-order valence-corrected chi connectivity index (χ0v) is 13.3. The van der Waals surface area contributed by atoms with Gasteiger partial charge in [0.2, 0.25) is 6.79 Å². The Morgan fingerprint density at radius 1 is 1.14 bits per heavy atom. The first-order chi connectivity index (χ1) is 10.1. The number of benzene rings is 1. The van der Waals surface area contributed by atoms with Crippen LogP contribution >= 0.6 is 34.8 Å². The summed E-state index contributed by atoms with van der Waals surface area (Å²) >= 11 is 18.2. The largest absolute Gasteiger partial charge is 0.454 e. The number of hydrogen-bond acceptors (Lipinski definition) is 4. The summed E-state index contributed by atoms with van der Waals surface area (Å²) in [6.45, 7) is 2.58. The topological polar surface area (TPSA) is 43.4 Å². The van der Waals surface area contributed by atoms with Crippen LogP contribution in [0, 0.1) is 6.92 Å². The number of nitrogens with one attached hydrogen (secondary N) is 1. The number of anilines is 1. The molecule has 1 aromatic carbocycles. The number of ether oxygens (including phenoxy) is 2. The van der Waals surface area contributed by atoms with Crippen molar-refractivity contribution in [1.82, 2.24) is 4.98 Å². The molecule has 7 heteroatoms. The average molecular weight is 346 g/mol. The van der Waals surface area contributed by atoms with E-state index < -0.39 is 0 Å². The quantitative estimate of drug-likeness (QED) is 0.820. The van der Waals surface area contributed by atoms with E-state index in [1.54, 1.807) is 6.92 Å². The molecule has 1 aromatic heterocycles. The molecule has 1 aliphatic heterocycles. The van der Waals surface area contributed by atoms with Crippen molar-refractivity contribution in [2.45, 2.75) is 13.5 Å². The number of aromatic nitrogens is 1. The van der Waals surface area contributed by atoms with Gasteiger partial charge in [-0.05, 0) is 30.2 Å². The smallest absolute Gasteiger partial charge is 0.231 e. The van der Waals surface area contributed by atoms with Gasteiger partial charge in [0.1, 0.15) is 11.0 Å². The van der Waals surface area contributed by atoms with Gasteiger partial charge < -0.3 is 14.8 Å². The SMILES string of the molecule is Cc1c(Cl)c(Cl)nc(NCc2ccc3c(c2)OCO3)c1Cl. The van der Waals surface area contributed by atoms with Crippen LogP contribution in [0.3, 0.4) is 0 Å². The molecule has 2 aromatic rings. The maximum absolute atomic E-state index is 6.22. The van der Waals surface area contributed by atoms with Crippen molar-refractivity contribution >= 4 is 40.6 Å². The fourth-order valence-corrected chi connectivity index (χ4v) is 2.59. The van der Waals surface area contributed by atoms with Crippen molar-refractivity contribution < 1.29 is 9.47 Å². The molecule has 0 aliphatic carbocycles. The Bertz CT molecular complexity index is 707. The van der Waals surface area contributed by atoms with Crippen LogP contribution in [0.25, 0.3) is 0 Å². The van der Waals surface area contributed by atoms with E-state index in [4.69, 9.17) is 44.3 Å². The van der Waals surface area contributed by atoms with Crippen LogP contribution in [-0.2, 0) is 6.54 Å². The summed E-state index contributed by atoms with van der Waals surface area (Å²) < 4.78 is 10.6. The molecule has 0 bridgehead atoms. The second kappa shape index (κ2) is 5.79. The van der Waals surface area contributed by atoms with Crippen LogP contribution in [0.1, 0.15) is 11.1 Å². The summed E-state index contributed by atoms with van der Waals surface area (Å²) in [7, 11) is 0. The van der Waals surface area contributed by atoms with Crippen molar-refractivity contribution in [3.63, 3.8) is 0 Å². The minimum absolute atomic E-state index is 0.228. The molecule has 2 heterocycles. The Kier molecular flexibility index (Phi) is 4.02. The molecule has 110 valence electrons. The molecule has 0 unspecified atom stereocenters. The van der Waals surface area contributed by atoms with Gasteiger partial charge in [0, 0.05) is 6.54 Å². The maximum atomic E-state index is 6.22. The normalized spacial score (nSPS) is 12.6. The standard InChI is InChI=1S/C14H11Cl3N2O2/c1-7-11(15)13(17)19-14(12(7)16)18-5-8-2-3-9-10(4-8)21-6-20-9/h2-4H,5-6H2,1H3,(H,18,19). The summed E-state index contributed by atoms with van der Waals surface area (Å²) in [5, 5.41) is 4.21. The Morgan fingerprint density at radius 2 is 1.90 bits per heavy atom. The molecule has 0 radical (unpaired) electrons. The molecule has 0 atom stereocenters. The van der Waals surface area contributed by atoms with Crippen LogP contribution in [0.15, 0.2) is 18.2 Å². The first kappa shape index (κ1) is 14.6. The average Bonchev–Trinajstić information content (AvgIpc) is 2.95. The number of rotatable bonds is 3. The molecular weight excluding hydrogens is 335 g/mol. The third-order valence-electron chi connectivity index (χ3n) is 3.15. The fraction of sp³-hybridized carbons (Fsp3) is 0.214. The van der Waals surface area contributed by atoms with E-state index in [9.17, 15) is 0 Å². The molecule has 1 N–H and O–H groups in total. The lowest BCUT2D eigenvalue weighted by atomic mass is 10.2. The van der Waals surface area contributed by atoms with E-state index in [0.29, 0.717) is 28.0 Å². The molecular formula is C14H11Cl3N2O2.